The average Bonchev–Trinajstić information content (AvgIpc) is 2.96. The number of aryl methyl sites for hydroxylation is 1. The second kappa shape index (κ2) is 6.63. The van der Waals surface area contributed by atoms with E-state index in [1.165, 1.54) is 18.9 Å². The number of halogens is 3. The maximum absolute atomic E-state index is 12.7. The zero-order valence-electron chi connectivity index (χ0n) is 12.5. The molecule has 2 N–H and O–H groups in total. The molecule has 2 amide bonds. The predicted molar refractivity (Wildman–Crippen MR) is 74.1 cm³/mol. The third-order valence-corrected chi connectivity index (χ3v) is 2.88. The molecule has 0 radical (unpaired) electrons. The summed E-state index contributed by atoms with van der Waals surface area (Å²) in [4.78, 5) is 27.4. The van der Waals surface area contributed by atoms with E-state index < -0.39 is 17.9 Å². The largest absolute Gasteiger partial charge is 0.433 e. The van der Waals surface area contributed by atoms with Gasteiger partial charge in [-0.25, -0.2) is 19.7 Å². The van der Waals surface area contributed by atoms with Gasteiger partial charge in [-0.1, -0.05) is 0 Å². The second-order valence-electron chi connectivity index (χ2n) is 4.86. The molecule has 0 aliphatic heterocycles. The molecule has 124 valence electrons. The van der Waals surface area contributed by atoms with Gasteiger partial charge in [-0.2, -0.15) is 13.2 Å². The normalized spacial score (nSPS) is 11.3. The minimum absolute atomic E-state index is 0.0999. The molecule has 23 heavy (non-hydrogen) atoms. The van der Waals surface area contributed by atoms with Gasteiger partial charge in [0.2, 0.25) is 0 Å². The molecule has 0 spiro atoms. The first-order valence-corrected chi connectivity index (χ1v) is 6.64. The number of aromatic amines is 1. The van der Waals surface area contributed by atoms with Crippen molar-refractivity contribution >= 4 is 6.03 Å². The van der Waals surface area contributed by atoms with Crippen molar-refractivity contribution in [1.29, 1.82) is 0 Å². The van der Waals surface area contributed by atoms with Gasteiger partial charge in [0.05, 0.1) is 13.1 Å². The Morgan fingerprint density at radius 3 is 2.74 bits per heavy atom. The van der Waals surface area contributed by atoms with Gasteiger partial charge in [0.25, 0.3) is 0 Å². The molecule has 2 rings (SSSR count). The van der Waals surface area contributed by atoms with E-state index in [1.807, 2.05) is 0 Å². The van der Waals surface area contributed by atoms with Crippen LogP contribution in [0.4, 0.5) is 18.0 Å². The number of alkyl halides is 3. The van der Waals surface area contributed by atoms with Crippen molar-refractivity contribution in [1.82, 2.24) is 30.2 Å². The van der Waals surface area contributed by atoms with Gasteiger partial charge in [0, 0.05) is 25.1 Å². The highest BCUT2D eigenvalue weighted by atomic mass is 19.4. The Hall–Kier alpha value is -2.65. The number of carbonyl (C=O) groups excluding carboxylic acids is 1. The van der Waals surface area contributed by atoms with Crippen LogP contribution in [0.5, 0.6) is 0 Å². The fourth-order valence-corrected chi connectivity index (χ4v) is 1.82. The van der Waals surface area contributed by atoms with Gasteiger partial charge < -0.3 is 15.2 Å². The van der Waals surface area contributed by atoms with Crippen molar-refractivity contribution in [2.45, 2.75) is 26.2 Å². The third-order valence-electron chi connectivity index (χ3n) is 2.88. The van der Waals surface area contributed by atoms with E-state index in [1.54, 1.807) is 12.4 Å². The van der Waals surface area contributed by atoms with Gasteiger partial charge in [-0.05, 0) is 13.0 Å². The Morgan fingerprint density at radius 2 is 2.13 bits per heavy atom. The van der Waals surface area contributed by atoms with Crippen molar-refractivity contribution in [3.63, 3.8) is 0 Å². The maximum Gasteiger partial charge on any atom is 0.433 e. The molecule has 0 saturated carbocycles. The van der Waals surface area contributed by atoms with Crippen LogP contribution in [0.25, 0.3) is 0 Å². The van der Waals surface area contributed by atoms with E-state index in [-0.39, 0.29) is 24.6 Å². The number of nitrogens with one attached hydrogen (secondary N) is 2. The number of carbonyl (C=O) groups is 1. The number of urea groups is 1. The lowest BCUT2D eigenvalue weighted by molar-refractivity contribution is -0.141. The van der Waals surface area contributed by atoms with Gasteiger partial charge in [-0.15, -0.1) is 0 Å². The monoisotopic (exact) mass is 328 g/mol. The van der Waals surface area contributed by atoms with Crippen molar-refractivity contribution in [2.75, 3.05) is 7.05 Å². The Labute approximate surface area is 130 Å². The quantitative estimate of drug-likeness (QED) is 0.897. The Kier molecular flexibility index (Phi) is 4.82. The van der Waals surface area contributed by atoms with Crippen LogP contribution in [-0.4, -0.2) is 37.9 Å². The molecule has 2 aromatic rings. The van der Waals surface area contributed by atoms with Crippen LogP contribution in [-0.2, 0) is 19.3 Å². The first kappa shape index (κ1) is 16.7. The van der Waals surface area contributed by atoms with E-state index in [2.05, 4.69) is 25.3 Å². The maximum atomic E-state index is 12.7. The standard InChI is InChI=1S/C13H15F3N6O/c1-8-5-9(13(14,15)16)21-10(20-8)6-19-12(23)22(2)7-11-17-3-4-18-11/h3-5H,6-7H2,1-2H3,(H,17,18)(H,19,23). The summed E-state index contributed by atoms with van der Waals surface area (Å²) >= 11 is 0. The molecule has 0 bridgehead atoms. The van der Waals surface area contributed by atoms with Crippen LogP contribution in [0.3, 0.4) is 0 Å². The van der Waals surface area contributed by atoms with Gasteiger partial charge in [0.1, 0.15) is 17.3 Å². The van der Waals surface area contributed by atoms with E-state index in [9.17, 15) is 18.0 Å². The van der Waals surface area contributed by atoms with Crippen LogP contribution in [0, 0.1) is 6.92 Å². The highest BCUT2D eigenvalue weighted by Gasteiger charge is 2.33. The molecule has 0 aliphatic rings. The van der Waals surface area contributed by atoms with Crippen LogP contribution >= 0.6 is 0 Å². The molecule has 0 saturated heterocycles. The Morgan fingerprint density at radius 1 is 1.39 bits per heavy atom. The van der Waals surface area contributed by atoms with Crippen LogP contribution in [0.1, 0.15) is 23.0 Å². The summed E-state index contributed by atoms with van der Waals surface area (Å²) in [7, 11) is 1.54. The minimum atomic E-state index is -4.55. The zero-order chi connectivity index (χ0) is 17.0. The summed E-state index contributed by atoms with van der Waals surface area (Å²) in [5.74, 6) is 0.492. The second-order valence-corrected chi connectivity index (χ2v) is 4.86. The van der Waals surface area contributed by atoms with Crippen LogP contribution < -0.4 is 5.32 Å². The summed E-state index contributed by atoms with van der Waals surface area (Å²) in [6, 6.07) is 0.383. The van der Waals surface area contributed by atoms with E-state index >= 15 is 0 Å². The number of H-pyrrole nitrogens is 1. The lowest BCUT2D eigenvalue weighted by Gasteiger charge is -2.16. The van der Waals surface area contributed by atoms with Crippen LogP contribution in [0.15, 0.2) is 18.5 Å². The molecular formula is C13H15F3N6O. The summed E-state index contributed by atoms with van der Waals surface area (Å²) in [5, 5.41) is 2.47. The fraction of sp³-hybridized carbons (Fsp3) is 0.385. The lowest BCUT2D eigenvalue weighted by atomic mass is 10.3. The lowest BCUT2D eigenvalue weighted by Crippen LogP contribution is -2.37. The average molecular weight is 328 g/mol. The van der Waals surface area contributed by atoms with Crippen molar-refractivity contribution in [3.8, 4) is 0 Å². The molecule has 0 fully saturated rings. The first-order chi connectivity index (χ1) is 10.8. The first-order valence-electron chi connectivity index (χ1n) is 6.64. The fourth-order valence-electron chi connectivity index (χ4n) is 1.82. The van der Waals surface area contributed by atoms with Crippen LogP contribution in [0.2, 0.25) is 0 Å². The molecule has 7 nitrogen and oxygen atoms in total. The SMILES string of the molecule is Cc1cc(C(F)(F)F)nc(CNC(=O)N(C)Cc2ncc[nH]2)n1. The van der Waals surface area contributed by atoms with Crippen molar-refractivity contribution < 1.29 is 18.0 Å². The molecule has 0 unspecified atom stereocenters. The van der Waals surface area contributed by atoms with Crippen molar-refractivity contribution in [3.05, 3.63) is 41.5 Å². The van der Waals surface area contributed by atoms with E-state index in [4.69, 9.17) is 0 Å². The Bertz CT molecular complexity index is 671. The highest BCUT2D eigenvalue weighted by molar-refractivity contribution is 5.73. The molecule has 2 aromatic heterocycles. The number of amides is 2. The van der Waals surface area contributed by atoms with Crippen molar-refractivity contribution in [2.24, 2.45) is 0 Å². The summed E-state index contributed by atoms with van der Waals surface area (Å²) in [5.41, 5.74) is -0.848. The number of aromatic nitrogens is 4. The molecule has 0 atom stereocenters. The summed E-state index contributed by atoms with van der Waals surface area (Å²) in [6.07, 6.45) is -1.37. The predicted octanol–water partition coefficient (Wildman–Crippen LogP) is 1.87. The molecule has 0 aliphatic carbocycles. The number of imidazole rings is 1. The molecule has 10 heteroatoms. The Balaban J connectivity index is 1.97. The number of nitrogens with zero attached hydrogens (tertiary/aromatic N) is 4. The summed E-state index contributed by atoms with van der Waals surface area (Å²) < 4.78 is 38.1. The molecular weight excluding hydrogens is 313 g/mol. The van der Waals surface area contributed by atoms with Gasteiger partial charge in [-0.3, -0.25) is 0 Å². The van der Waals surface area contributed by atoms with E-state index in [0.717, 1.165) is 6.07 Å². The smallest absolute Gasteiger partial charge is 0.347 e. The number of hydrogen-bond acceptors (Lipinski definition) is 4. The van der Waals surface area contributed by atoms with Gasteiger partial charge in [0.15, 0.2) is 0 Å². The number of hydrogen-bond donors (Lipinski definition) is 2. The summed E-state index contributed by atoms with van der Waals surface area (Å²) in [6.45, 7) is 1.47. The topological polar surface area (TPSA) is 86.8 Å². The minimum Gasteiger partial charge on any atom is -0.347 e. The molecule has 0 aromatic carbocycles. The zero-order valence-corrected chi connectivity index (χ0v) is 12.5. The highest BCUT2D eigenvalue weighted by Crippen LogP contribution is 2.27. The molecule has 2 heterocycles. The third kappa shape index (κ3) is 4.66. The van der Waals surface area contributed by atoms with Gasteiger partial charge >= 0.3 is 12.2 Å². The van der Waals surface area contributed by atoms with E-state index in [0.29, 0.717) is 5.82 Å². The number of rotatable bonds is 4.